The van der Waals surface area contributed by atoms with Crippen molar-refractivity contribution in [2.45, 2.75) is 83.8 Å². The zero-order valence-corrected chi connectivity index (χ0v) is 21.8. The highest BCUT2D eigenvalue weighted by Crippen LogP contribution is 2.45. The summed E-state index contributed by atoms with van der Waals surface area (Å²) in [5.41, 5.74) is 5.01. The third kappa shape index (κ3) is 4.04. The van der Waals surface area contributed by atoms with Crippen molar-refractivity contribution in [3.63, 3.8) is 0 Å². The Morgan fingerprint density at radius 1 is 1.15 bits per heavy atom. The molecule has 5 rings (SSSR count). The lowest BCUT2D eigenvalue weighted by molar-refractivity contribution is 0.502. The van der Waals surface area contributed by atoms with Crippen LogP contribution in [0.25, 0.3) is 10.9 Å². The predicted octanol–water partition coefficient (Wildman–Crippen LogP) is 4.85. The van der Waals surface area contributed by atoms with Gasteiger partial charge in [-0.25, -0.2) is 4.98 Å². The minimum atomic E-state index is -1.24. The van der Waals surface area contributed by atoms with Crippen LogP contribution in [0.3, 0.4) is 0 Å². The van der Waals surface area contributed by atoms with Crippen LogP contribution in [0.5, 0.6) is 0 Å². The maximum atomic E-state index is 14.0. The number of rotatable bonds is 5. The highest BCUT2D eigenvalue weighted by Gasteiger charge is 2.44. The summed E-state index contributed by atoms with van der Waals surface area (Å²) in [7, 11) is 0. The largest absolute Gasteiger partial charge is 0.598 e. The van der Waals surface area contributed by atoms with Crippen molar-refractivity contribution in [3.8, 4) is 0 Å². The molecule has 3 aromatic rings. The van der Waals surface area contributed by atoms with Gasteiger partial charge < -0.3 is 9.45 Å². The molecule has 6 nitrogen and oxygen atoms in total. The molecule has 1 saturated carbocycles. The quantitative estimate of drug-likeness (QED) is 0.531. The van der Waals surface area contributed by atoms with Gasteiger partial charge in [0.15, 0.2) is 0 Å². The van der Waals surface area contributed by atoms with E-state index in [0.29, 0.717) is 10.9 Å². The Balaban J connectivity index is 1.67. The van der Waals surface area contributed by atoms with Gasteiger partial charge in [0.05, 0.1) is 16.9 Å². The second-order valence-corrected chi connectivity index (χ2v) is 13.1. The monoisotopic (exact) mass is 478 g/mol. The van der Waals surface area contributed by atoms with Crippen LogP contribution in [0, 0.1) is 6.92 Å². The minimum Gasteiger partial charge on any atom is -0.598 e. The topological polar surface area (TPSA) is 73.2 Å². The summed E-state index contributed by atoms with van der Waals surface area (Å²) in [6.45, 7) is 13.5. The van der Waals surface area contributed by atoms with Crippen molar-refractivity contribution < 1.29 is 4.55 Å². The first-order chi connectivity index (χ1) is 16.0. The third-order valence-corrected chi connectivity index (χ3v) is 8.75. The summed E-state index contributed by atoms with van der Waals surface area (Å²) >= 11 is -1.24. The van der Waals surface area contributed by atoms with Crippen LogP contribution in [0.1, 0.15) is 75.8 Å². The molecule has 34 heavy (non-hydrogen) atoms. The van der Waals surface area contributed by atoms with Crippen LogP contribution < -0.4 is 15.2 Å². The van der Waals surface area contributed by atoms with Crippen LogP contribution in [0.15, 0.2) is 41.2 Å². The number of nitrogens with zero attached hydrogens (tertiary/aromatic N) is 3. The number of aromatic nitrogens is 2. The first-order valence-corrected chi connectivity index (χ1v) is 13.2. The van der Waals surface area contributed by atoms with E-state index in [1.807, 2.05) is 45.3 Å². The van der Waals surface area contributed by atoms with Gasteiger partial charge in [-0.05, 0) is 77.1 Å². The van der Waals surface area contributed by atoms with Gasteiger partial charge in [-0.15, -0.1) is 4.72 Å². The molecule has 1 aromatic heterocycles. The molecule has 0 spiro atoms. The number of anilines is 1. The molecule has 2 atom stereocenters. The van der Waals surface area contributed by atoms with Crippen molar-refractivity contribution in [2.24, 2.45) is 0 Å². The molecule has 2 heterocycles. The van der Waals surface area contributed by atoms with Crippen LogP contribution in [-0.4, -0.2) is 18.9 Å². The average molecular weight is 479 g/mol. The van der Waals surface area contributed by atoms with Gasteiger partial charge in [0, 0.05) is 35.6 Å². The second kappa shape index (κ2) is 8.11. The van der Waals surface area contributed by atoms with E-state index >= 15 is 0 Å². The summed E-state index contributed by atoms with van der Waals surface area (Å²) in [5, 5.41) is 0.638. The van der Waals surface area contributed by atoms with E-state index in [9.17, 15) is 9.35 Å². The van der Waals surface area contributed by atoms with Gasteiger partial charge in [-0.2, -0.15) is 0 Å². The van der Waals surface area contributed by atoms with Gasteiger partial charge in [-0.1, -0.05) is 30.3 Å². The molecule has 0 bridgehead atoms. The van der Waals surface area contributed by atoms with Crippen molar-refractivity contribution in [3.05, 3.63) is 69.0 Å². The first-order valence-electron chi connectivity index (χ1n) is 12.1. The average Bonchev–Trinajstić information content (AvgIpc) is 3.35. The molecule has 0 saturated heterocycles. The lowest BCUT2D eigenvalue weighted by atomic mass is 10.0. The normalized spacial score (nSPS) is 18.7. The van der Waals surface area contributed by atoms with Gasteiger partial charge in [0.25, 0.3) is 5.56 Å². The lowest BCUT2D eigenvalue weighted by Gasteiger charge is -2.28. The highest BCUT2D eigenvalue weighted by molar-refractivity contribution is 7.90. The molecule has 1 N–H and O–H groups in total. The fourth-order valence-electron chi connectivity index (χ4n) is 4.76. The number of aryl methyl sites for hydroxylation is 1. The van der Waals surface area contributed by atoms with E-state index in [0.717, 1.165) is 43.0 Å². The molecule has 0 radical (unpaired) electrons. The van der Waals surface area contributed by atoms with E-state index in [4.69, 9.17) is 4.98 Å². The van der Waals surface area contributed by atoms with Crippen molar-refractivity contribution in [2.75, 3.05) is 4.90 Å². The second-order valence-electron chi connectivity index (χ2n) is 11.1. The maximum Gasteiger partial charge on any atom is 0.263 e. The van der Waals surface area contributed by atoms with E-state index in [-0.39, 0.29) is 21.9 Å². The van der Waals surface area contributed by atoms with Crippen molar-refractivity contribution in [1.29, 1.82) is 0 Å². The number of nitrogens with one attached hydrogen (secondary N) is 1. The summed E-state index contributed by atoms with van der Waals surface area (Å²) in [4.78, 5) is 21.4. The van der Waals surface area contributed by atoms with Crippen molar-refractivity contribution in [1.82, 2.24) is 14.3 Å². The number of fused-ring (bicyclic) bond motifs is 2. The standard InChI is InChI=1S/C27H34N4O2S/c1-17-13-21(18(2)29-34(33)26(3,4)5)23-22(14-17)24(32)31(27(6)11-12-27)25(28-23)30-15-19-9-7-8-10-20(19)16-30/h7-10,13-14,18,29H,11-12,15-16H2,1-6H3/t18-,34?/m1/s1. The molecule has 0 amide bonds. The lowest BCUT2D eigenvalue weighted by Crippen LogP contribution is -2.40. The third-order valence-electron chi connectivity index (χ3n) is 7.07. The van der Waals surface area contributed by atoms with Crippen LogP contribution in [-0.2, 0) is 30.0 Å². The van der Waals surface area contributed by atoms with Crippen LogP contribution in [0.4, 0.5) is 5.95 Å². The molecule has 2 aliphatic rings. The molecule has 180 valence electrons. The molecule has 1 aliphatic heterocycles. The zero-order valence-electron chi connectivity index (χ0n) is 20.9. The maximum absolute atomic E-state index is 14.0. The molecular formula is C27H34N4O2S. The minimum absolute atomic E-state index is 0.0186. The predicted molar refractivity (Wildman–Crippen MR) is 139 cm³/mol. The van der Waals surface area contributed by atoms with E-state index in [1.165, 1.54) is 11.1 Å². The first kappa shape index (κ1) is 23.4. The molecule has 1 unspecified atom stereocenters. The van der Waals surface area contributed by atoms with E-state index in [1.54, 1.807) is 0 Å². The summed E-state index contributed by atoms with van der Waals surface area (Å²) < 4.78 is 17.6. The van der Waals surface area contributed by atoms with Crippen LogP contribution >= 0.6 is 0 Å². The van der Waals surface area contributed by atoms with Gasteiger partial charge in [0.2, 0.25) is 5.95 Å². The number of hydrogen-bond donors (Lipinski definition) is 1. The van der Waals surface area contributed by atoms with Gasteiger partial charge in [-0.3, -0.25) is 9.36 Å². The summed E-state index contributed by atoms with van der Waals surface area (Å²) in [6.07, 6.45) is 1.96. The Morgan fingerprint density at radius 3 is 2.32 bits per heavy atom. The number of benzene rings is 2. The molecule has 1 aliphatic carbocycles. The molecule has 2 aromatic carbocycles. The highest BCUT2D eigenvalue weighted by atomic mass is 32.2. The van der Waals surface area contributed by atoms with Crippen LogP contribution in [0.2, 0.25) is 0 Å². The van der Waals surface area contributed by atoms with Gasteiger partial charge >= 0.3 is 0 Å². The summed E-state index contributed by atoms with van der Waals surface area (Å²) in [5.74, 6) is 0.739. The zero-order chi connectivity index (χ0) is 24.4. The fraction of sp³-hybridized carbons (Fsp3) is 0.481. The Labute approximate surface area is 204 Å². The molecule has 7 heteroatoms. The van der Waals surface area contributed by atoms with E-state index in [2.05, 4.69) is 46.9 Å². The number of hydrogen-bond acceptors (Lipinski definition) is 5. The van der Waals surface area contributed by atoms with Gasteiger partial charge in [0.1, 0.15) is 4.75 Å². The molecule has 1 fully saturated rings. The SMILES string of the molecule is Cc1cc([C@@H](C)N[S+]([O-])C(C)(C)C)c2nc(N3Cc4ccccc4C3)n(C3(C)CC3)c(=O)c2c1. The Kier molecular flexibility index (Phi) is 5.58. The molecular weight excluding hydrogens is 444 g/mol. The smallest absolute Gasteiger partial charge is 0.263 e. The Morgan fingerprint density at radius 2 is 1.76 bits per heavy atom. The summed E-state index contributed by atoms with van der Waals surface area (Å²) in [6, 6.07) is 12.2. The Bertz CT molecular complexity index is 1300. The van der Waals surface area contributed by atoms with Crippen molar-refractivity contribution >= 4 is 28.2 Å². The Hall–Kier alpha value is -2.35. The van der Waals surface area contributed by atoms with E-state index < -0.39 is 11.4 Å². The fourth-order valence-corrected chi connectivity index (χ4v) is 5.57.